The second kappa shape index (κ2) is 10.9. The van der Waals surface area contributed by atoms with E-state index in [0.717, 1.165) is 67.9 Å². The SMILES string of the molecule is COC(OC)C12CC(C)(C)C(=N1)/C=c1\[nH]/c(cc1-c1ccc(C)cc1)=C\C1=NC(=C\c3[nH]c2cc3-c2ccc(C)cc2)/C(C)(C)C1. The topological polar surface area (TPSA) is 74.8 Å². The molecular formula is C40H44N4O2. The van der Waals surface area contributed by atoms with Gasteiger partial charge >= 0.3 is 0 Å². The highest BCUT2D eigenvalue weighted by molar-refractivity contribution is 6.15. The Morgan fingerprint density at radius 2 is 1.37 bits per heavy atom. The molecule has 0 saturated carbocycles. The summed E-state index contributed by atoms with van der Waals surface area (Å²) < 4.78 is 12.1. The molecule has 46 heavy (non-hydrogen) atoms. The van der Waals surface area contributed by atoms with Gasteiger partial charge in [0.25, 0.3) is 0 Å². The summed E-state index contributed by atoms with van der Waals surface area (Å²) in [6, 6.07) is 21.9. The molecule has 2 aromatic heterocycles. The number of allylic oxidation sites excluding steroid dienone is 1. The van der Waals surface area contributed by atoms with E-state index >= 15 is 0 Å². The van der Waals surface area contributed by atoms with Crippen molar-refractivity contribution in [3.63, 3.8) is 0 Å². The number of nitrogens with zero attached hydrogens (tertiary/aromatic N) is 2. The van der Waals surface area contributed by atoms with Crippen molar-refractivity contribution in [2.24, 2.45) is 20.8 Å². The van der Waals surface area contributed by atoms with Gasteiger partial charge in [0.05, 0.1) is 0 Å². The van der Waals surface area contributed by atoms with Crippen LogP contribution in [0.15, 0.2) is 76.3 Å². The van der Waals surface area contributed by atoms with Gasteiger partial charge < -0.3 is 19.4 Å². The van der Waals surface area contributed by atoms with Crippen molar-refractivity contribution in [2.45, 2.75) is 66.2 Å². The van der Waals surface area contributed by atoms with Crippen LogP contribution in [0.3, 0.4) is 0 Å². The minimum atomic E-state index is -0.805. The first-order valence-corrected chi connectivity index (χ1v) is 16.2. The summed E-state index contributed by atoms with van der Waals surface area (Å²) in [5.41, 5.74) is 10.9. The summed E-state index contributed by atoms with van der Waals surface area (Å²) in [6.07, 6.45) is 7.62. The molecular weight excluding hydrogens is 568 g/mol. The number of aryl methyl sites for hydroxylation is 2. The number of nitrogens with one attached hydrogen (secondary N) is 2. The average Bonchev–Trinajstić information content (AvgIpc) is 3.74. The molecule has 1 unspecified atom stereocenters. The van der Waals surface area contributed by atoms with E-state index in [2.05, 4.69) is 130 Å². The van der Waals surface area contributed by atoms with Crippen molar-refractivity contribution in [2.75, 3.05) is 14.2 Å². The van der Waals surface area contributed by atoms with Gasteiger partial charge in [-0.1, -0.05) is 87.4 Å². The Morgan fingerprint density at radius 3 is 2.00 bits per heavy atom. The van der Waals surface area contributed by atoms with Crippen molar-refractivity contribution in [3.8, 4) is 22.3 Å². The second-order valence-corrected chi connectivity index (χ2v) is 14.6. The standard InChI is InChI=1S/C40H44N4O2/c1-24-9-13-26(14-10-24)30-18-28-17-29-22-38(3,4)34(42-29)20-33-31(27-15-11-25(2)12-16-27)19-36(43-33)40(37(45-7)46-8)23-39(5,6)35(44-40)21-32(30)41-28/h9-21,37,41,43H,22-23H2,1-8H3/b28-17-,32-21-,34-20-. The third kappa shape index (κ3) is 5.14. The van der Waals surface area contributed by atoms with Crippen LogP contribution in [0.5, 0.6) is 0 Å². The minimum Gasteiger partial charge on any atom is -0.356 e. The highest BCUT2D eigenvalue weighted by Crippen LogP contribution is 2.50. The van der Waals surface area contributed by atoms with Crippen molar-refractivity contribution < 1.29 is 9.47 Å². The van der Waals surface area contributed by atoms with Crippen LogP contribution in [-0.4, -0.2) is 41.9 Å². The largest absolute Gasteiger partial charge is 0.356 e. The van der Waals surface area contributed by atoms with Gasteiger partial charge in [-0.05, 0) is 61.8 Å². The monoisotopic (exact) mass is 612 g/mol. The Kier molecular flexibility index (Phi) is 7.22. The third-order valence-electron chi connectivity index (χ3n) is 9.92. The second-order valence-electron chi connectivity index (χ2n) is 14.6. The number of methoxy groups -OCH3 is 2. The molecule has 0 radical (unpaired) electrons. The molecule has 4 aromatic rings. The van der Waals surface area contributed by atoms with Crippen LogP contribution in [-0.2, 0) is 15.0 Å². The summed E-state index contributed by atoms with van der Waals surface area (Å²) in [4.78, 5) is 18.4. The molecule has 1 atom stereocenters. The summed E-state index contributed by atoms with van der Waals surface area (Å²) in [7, 11) is 3.41. The average molecular weight is 613 g/mol. The van der Waals surface area contributed by atoms with E-state index in [0.29, 0.717) is 6.42 Å². The molecule has 6 nitrogen and oxygen atoms in total. The zero-order valence-corrected chi connectivity index (χ0v) is 28.2. The van der Waals surface area contributed by atoms with Crippen LogP contribution in [0.4, 0.5) is 0 Å². The van der Waals surface area contributed by atoms with Gasteiger partial charge in [0.15, 0.2) is 11.8 Å². The lowest BCUT2D eigenvalue weighted by molar-refractivity contribution is -0.152. The van der Waals surface area contributed by atoms with E-state index in [9.17, 15) is 0 Å². The van der Waals surface area contributed by atoms with E-state index < -0.39 is 11.8 Å². The van der Waals surface area contributed by atoms with Gasteiger partial charge in [-0.3, -0.25) is 9.98 Å². The Balaban J connectivity index is 1.56. The molecule has 3 aliphatic rings. The zero-order chi connectivity index (χ0) is 32.4. The molecule has 0 fully saturated rings. The molecule has 0 amide bonds. The van der Waals surface area contributed by atoms with Crippen LogP contribution < -0.4 is 10.7 Å². The maximum absolute atomic E-state index is 6.07. The van der Waals surface area contributed by atoms with Crippen LogP contribution in [0.1, 0.15) is 63.1 Å². The smallest absolute Gasteiger partial charge is 0.187 e. The molecule has 2 N–H and O–H groups in total. The summed E-state index contributed by atoms with van der Waals surface area (Å²) in [6.45, 7) is 13.3. The highest BCUT2D eigenvalue weighted by Gasteiger charge is 2.53. The number of benzene rings is 2. The third-order valence-corrected chi connectivity index (χ3v) is 9.92. The Labute approximate surface area is 271 Å². The van der Waals surface area contributed by atoms with Gasteiger partial charge in [0.2, 0.25) is 0 Å². The first-order chi connectivity index (χ1) is 21.9. The van der Waals surface area contributed by atoms with E-state index in [-0.39, 0.29) is 10.8 Å². The first kappa shape index (κ1) is 30.4. The lowest BCUT2D eigenvalue weighted by Crippen LogP contribution is -2.41. The van der Waals surface area contributed by atoms with E-state index in [1.807, 2.05) is 0 Å². The number of aliphatic imine (C=N–C) groups is 2. The maximum atomic E-state index is 6.07. The number of aromatic amines is 2. The first-order valence-electron chi connectivity index (χ1n) is 16.2. The van der Waals surface area contributed by atoms with Gasteiger partial charge in [-0.15, -0.1) is 0 Å². The maximum Gasteiger partial charge on any atom is 0.187 e. The number of rotatable bonds is 5. The van der Waals surface area contributed by atoms with Gasteiger partial charge in [-0.2, -0.15) is 0 Å². The molecule has 8 bridgehead atoms. The predicted molar refractivity (Wildman–Crippen MR) is 189 cm³/mol. The normalized spacial score (nSPS) is 23.7. The van der Waals surface area contributed by atoms with Crippen molar-refractivity contribution in [1.82, 2.24) is 9.97 Å². The van der Waals surface area contributed by atoms with Crippen LogP contribution in [0.2, 0.25) is 0 Å². The van der Waals surface area contributed by atoms with E-state index in [4.69, 9.17) is 19.5 Å². The number of hydrogen-bond donors (Lipinski definition) is 2. The minimum absolute atomic E-state index is 0.139. The van der Waals surface area contributed by atoms with Crippen LogP contribution in [0.25, 0.3) is 40.5 Å². The number of fused-ring (bicyclic) bond motifs is 7. The fourth-order valence-corrected chi connectivity index (χ4v) is 7.40. The number of H-pyrrole nitrogens is 2. The Morgan fingerprint density at radius 1 is 0.739 bits per heavy atom. The number of aromatic nitrogens is 2. The van der Waals surface area contributed by atoms with E-state index in [1.54, 1.807) is 14.2 Å². The Hall–Kier alpha value is -4.26. The fourth-order valence-electron chi connectivity index (χ4n) is 7.40. The van der Waals surface area contributed by atoms with Crippen LogP contribution >= 0.6 is 0 Å². The highest BCUT2D eigenvalue weighted by atomic mass is 16.7. The lowest BCUT2D eigenvalue weighted by atomic mass is 9.77. The Bertz CT molecular complexity index is 2030. The molecule has 236 valence electrons. The molecule has 0 aliphatic carbocycles. The van der Waals surface area contributed by atoms with Gasteiger partial charge in [0.1, 0.15) is 0 Å². The summed E-state index contributed by atoms with van der Waals surface area (Å²) in [5.74, 6) is 0. The molecule has 6 heteroatoms. The predicted octanol–water partition coefficient (Wildman–Crippen LogP) is 7.47. The van der Waals surface area contributed by atoms with E-state index in [1.165, 1.54) is 11.1 Å². The van der Waals surface area contributed by atoms with Crippen molar-refractivity contribution >= 4 is 29.7 Å². The summed E-state index contributed by atoms with van der Waals surface area (Å²) in [5, 5.41) is 2.06. The van der Waals surface area contributed by atoms with Crippen molar-refractivity contribution in [3.05, 3.63) is 99.6 Å². The van der Waals surface area contributed by atoms with Crippen LogP contribution in [0, 0.1) is 24.7 Å². The summed E-state index contributed by atoms with van der Waals surface area (Å²) >= 11 is 0. The molecule has 0 saturated heterocycles. The molecule has 0 spiro atoms. The number of hydrogen-bond acceptors (Lipinski definition) is 4. The number of ether oxygens (including phenoxy) is 2. The quantitative estimate of drug-likeness (QED) is 0.230. The fraction of sp³-hybridized carbons (Fsp3) is 0.350. The molecule has 2 aromatic carbocycles. The molecule has 5 heterocycles. The molecule has 3 aliphatic heterocycles. The molecule has 7 rings (SSSR count). The van der Waals surface area contributed by atoms with Gasteiger partial charge in [-0.25, -0.2) is 0 Å². The van der Waals surface area contributed by atoms with Crippen molar-refractivity contribution in [1.29, 1.82) is 0 Å². The lowest BCUT2D eigenvalue weighted by Gasteiger charge is -2.34. The zero-order valence-electron chi connectivity index (χ0n) is 28.2. The van der Waals surface area contributed by atoms with Gasteiger partial charge in [0, 0.05) is 81.8 Å².